The Hall–Kier alpha value is -1.14. The zero-order chi connectivity index (χ0) is 13.9. The van der Waals surface area contributed by atoms with E-state index in [-0.39, 0.29) is 12.1 Å². The van der Waals surface area contributed by atoms with E-state index in [4.69, 9.17) is 5.73 Å². The van der Waals surface area contributed by atoms with Gasteiger partial charge in [0, 0.05) is 5.92 Å². The Morgan fingerprint density at radius 2 is 1.89 bits per heavy atom. The van der Waals surface area contributed by atoms with E-state index in [1.165, 1.54) is 0 Å². The molecule has 0 spiro atoms. The van der Waals surface area contributed by atoms with Gasteiger partial charge in [0.1, 0.15) is 5.82 Å². The van der Waals surface area contributed by atoms with Crippen LogP contribution >= 0.6 is 0 Å². The van der Waals surface area contributed by atoms with Gasteiger partial charge in [-0.1, -0.05) is 6.92 Å². The van der Waals surface area contributed by atoms with E-state index < -0.39 is 29.6 Å². The number of hydrogen-bond acceptors (Lipinski definition) is 2. The highest BCUT2D eigenvalue weighted by atomic mass is 19.4. The molecule has 0 aromatic heterocycles. The highest BCUT2D eigenvalue weighted by Gasteiger charge is 2.32. The zero-order valence-electron chi connectivity index (χ0n) is 9.84. The van der Waals surface area contributed by atoms with Crippen LogP contribution in [0.25, 0.3) is 0 Å². The maximum Gasteiger partial charge on any atom is 0.416 e. The summed E-state index contributed by atoms with van der Waals surface area (Å²) in [5.74, 6) is -1.42. The average Bonchev–Trinajstić information content (AvgIpc) is 2.28. The Morgan fingerprint density at radius 3 is 2.33 bits per heavy atom. The maximum atomic E-state index is 13.1. The molecule has 0 aliphatic rings. The van der Waals surface area contributed by atoms with Crippen LogP contribution < -0.4 is 5.73 Å². The van der Waals surface area contributed by atoms with Crippen LogP contribution in [0.2, 0.25) is 0 Å². The second-order valence-electron chi connectivity index (χ2n) is 4.12. The molecule has 18 heavy (non-hydrogen) atoms. The van der Waals surface area contributed by atoms with Gasteiger partial charge < -0.3 is 10.8 Å². The zero-order valence-corrected chi connectivity index (χ0v) is 9.84. The lowest BCUT2D eigenvalue weighted by Crippen LogP contribution is -2.21. The summed E-state index contributed by atoms with van der Waals surface area (Å²) >= 11 is 0. The fourth-order valence-corrected chi connectivity index (χ4v) is 1.74. The van der Waals surface area contributed by atoms with E-state index >= 15 is 0 Å². The number of aliphatic hydroxyl groups excluding tert-OH is 1. The Kier molecular flexibility index (Phi) is 4.70. The molecule has 0 aliphatic carbocycles. The van der Waals surface area contributed by atoms with Crippen molar-refractivity contribution in [2.24, 2.45) is 11.7 Å². The van der Waals surface area contributed by atoms with E-state index in [0.29, 0.717) is 12.5 Å². The third-order valence-electron chi connectivity index (χ3n) is 2.86. The lowest BCUT2D eigenvalue weighted by atomic mass is 9.92. The van der Waals surface area contributed by atoms with Crippen molar-refractivity contribution in [1.29, 1.82) is 0 Å². The molecule has 1 aromatic carbocycles. The Bertz CT molecular complexity index is 402. The van der Waals surface area contributed by atoms with Crippen LogP contribution in [-0.4, -0.2) is 11.7 Å². The summed E-state index contributed by atoms with van der Waals surface area (Å²) in [5.41, 5.74) is 4.20. The van der Waals surface area contributed by atoms with Gasteiger partial charge >= 0.3 is 6.18 Å². The van der Waals surface area contributed by atoms with Crippen molar-refractivity contribution in [3.05, 3.63) is 35.1 Å². The minimum absolute atomic E-state index is 0.0976. The number of aliphatic hydroxyl groups is 1. The lowest BCUT2D eigenvalue weighted by molar-refractivity contribution is -0.137. The quantitative estimate of drug-likeness (QED) is 0.822. The first-order chi connectivity index (χ1) is 8.29. The van der Waals surface area contributed by atoms with Gasteiger partial charge in [-0.05, 0) is 36.7 Å². The summed E-state index contributed by atoms with van der Waals surface area (Å²) in [5, 5.41) is 9.88. The van der Waals surface area contributed by atoms with E-state index in [1.54, 1.807) is 6.92 Å². The van der Waals surface area contributed by atoms with Gasteiger partial charge in [0.15, 0.2) is 0 Å². The van der Waals surface area contributed by atoms with Gasteiger partial charge in [-0.15, -0.1) is 0 Å². The lowest BCUT2D eigenvalue weighted by Gasteiger charge is -2.21. The first-order valence-electron chi connectivity index (χ1n) is 5.55. The van der Waals surface area contributed by atoms with Crippen molar-refractivity contribution in [3.63, 3.8) is 0 Å². The van der Waals surface area contributed by atoms with E-state index in [0.717, 1.165) is 12.1 Å². The largest absolute Gasteiger partial charge is 0.416 e. The third-order valence-corrected chi connectivity index (χ3v) is 2.86. The van der Waals surface area contributed by atoms with Crippen LogP contribution in [0, 0.1) is 11.7 Å². The summed E-state index contributed by atoms with van der Waals surface area (Å²) in [7, 11) is 0. The predicted molar refractivity (Wildman–Crippen MR) is 59.2 cm³/mol. The highest BCUT2D eigenvalue weighted by molar-refractivity contribution is 5.28. The van der Waals surface area contributed by atoms with E-state index in [2.05, 4.69) is 0 Å². The summed E-state index contributed by atoms with van der Waals surface area (Å²) in [6.45, 7) is 1.88. The highest BCUT2D eigenvalue weighted by Crippen LogP contribution is 2.33. The van der Waals surface area contributed by atoms with Gasteiger partial charge in [0.2, 0.25) is 0 Å². The molecule has 0 bridgehead atoms. The minimum Gasteiger partial charge on any atom is -0.388 e. The van der Waals surface area contributed by atoms with Crippen molar-refractivity contribution >= 4 is 0 Å². The van der Waals surface area contributed by atoms with Gasteiger partial charge in [-0.2, -0.15) is 13.2 Å². The number of halogens is 4. The molecular formula is C12H15F4NO. The molecule has 0 saturated heterocycles. The van der Waals surface area contributed by atoms with Crippen LogP contribution in [0.5, 0.6) is 0 Å². The van der Waals surface area contributed by atoms with Crippen LogP contribution in [0.1, 0.15) is 30.6 Å². The average molecular weight is 265 g/mol. The molecule has 3 N–H and O–H groups in total. The molecule has 0 heterocycles. The van der Waals surface area contributed by atoms with Crippen molar-refractivity contribution in [1.82, 2.24) is 0 Å². The van der Waals surface area contributed by atoms with Crippen LogP contribution in [0.4, 0.5) is 17.6 Å². The summed E-state index contributed by atoms with van der Waals surface area (Å²) in [6, 6.07) is 2.06. The topological polar surface area (TPSA) is 46.2 Å². The van der Waals surface area contributed by atoms with Gasteiger partial charge in [0.05, 0.1) is 11.7 Å². The molecule has 0 aliphatic heterocycles. The molecule has 102 valence electrons. The van der Waals surface area contributed by atoms with Gasteiger partial charge in [-0.3, -0.25) is 0 Å². The minimum atomic E-state index is -4.64. The number of alkyl halides is 3. The summed E-state index contributed by atoms with van der Waals surface area (Å²) in [6.07, 6.45) is -5.34. The van der Waals surface area contributed by atoms with Crippen molar-refractivity contribution in [2.45, 2.75) is 25.6 Å². The molecule has 1 rings (SSSR count). The van der Waals surface area contributed by atoms with Crippen LogP contribution in [-0.2, 0) is 6.18 Å². The predicted octanol–water partition coefficient (Wildman–Crippen LogP) is 2.86. The normalized spacial score (nSPS) is 15.5. The fraction of sp³-hybridized carbons (Fsp3) is 0.500. The standard InChI is InChI=1S/C12H15F4NO/c1-2-7(6-17)11(18)8-3-9(12(14,15)16)5-10(13)4-8/h3-5,7,11,18H,2,6,17H2,1H3. The second kappa shape index (κ2) is 5.67. The number of nitrogens with two attached hydrogens (primary N) is 1. The van der Waals surface area contributed by atoms with Gasteiger partial charge in [0.25, 0.3) is 0 Å². The molecular weight excluding hydrogens is 250 g/mol. The third kappa shape index (κ3) is 3.43. The van der Waals surface area contributed by atoms with Crippen molar-refractivity contribution in [3.8, 4) is 0 Å². The molecule has 0 saturated carbocycles. The van der Waals surface area contributed by atoms with Crippen LogP contribution in [0.15, 0.2) is 18.2 Å². The fourth-order valence-electron chi connectivity index (χ4n) is 1.74. The van der Waals surface area contributed by atoms with Crippen molar-refractivity contribution in [2.75, 3.05) is 6.54 Å². The Balaban J connectivity index is 3.13. The first kappa shape index (κ1) is 14.9. The molecule has 0 amide bonds. The Morgan fingerprint density at radius 1 is 1.28 bits per heavy atom. The Labute approximate surface area is 102 Å². The molecule has 0 radical (unpaired) electrons. The molecule has 2 unspecified atom stereocenters. The molecule has 6 heteroatoms. The second-order valence-corrected chi connectivity index (χ2v) is 4.12. The van der Waals surface area contributed by atoms with Crippen molar-refractivity contribution < 1.29 is 22.7 Å². The first-order valence-corrected chi connectivity index (χ1v) is 5.55. The van der Waals surface area contributed by atoms with E-state index in [1.807, 2.05) is 0 Å². The SMILES string of the molecule is CCC(CN)C(O)c1cc(F)cc(C(F)(F)F)c1. The molecule has 2 atom stereocenters. The van der Waals surface area contributed by atoms with Crippen LogP contribution in [0.3, 0.4) is 0 Å². The molecule has 0 fully saturated rings. The number of hydrogen-bond donors (Lipinski definition) is 2. The summed E-state index contributed by atoms with van der Waals surface area (Å²) < 4.78 is 50.7. The monoisotopic (exact) mass is 265 g/mol. The number of benzene rings is 1. The van der Waals surface area contributed by atoms with Gasteiger partial charge in [-0.25, -0.2) is 4.39 Å². The summed E-state index contributed by atoms with van der Waals surface area (Å²) in [4.78, 5) is 0. The molecule has 2 nitrogen and oxygen atoms in total. The molecule has 1 aromatic rings. The van der Waals surface area contributed by atoms with E-state index in [9.17, 15) is 22.7 Å². The maximum absolute atomic E-state index is 13.1. The smallest absolute Gasteiger partial charge is 0.388 e. The number of rotatable bonds is 4.